The van der Waals surface area contributed by atoms with Gasteiger partial charge in [0.25, 0.3) is 0 Å². The zero-order valence-corrected chi connectivity index (χ0v) is 4.52. The monoisotopic (exact) mass is 103 g/mol. The van der Waals surface area contributed by atoms with Gasteiger partial charge in [0, 0.05) is 7.11 Å². The van der Waals surface area contributed by atoms with Crippen LogP contribution in [-0.4, -0.2) is 26.7 Å². The molecule has 0 aliphatic heterocycles. The largest absolute Gasteiger partial charge is 0.483 e. The predicted molar refractivity (Wildman–Crippen MR) is 26.6 cm³/mol. The molecule has 0 spiro atoms. The Kier molecular flexibility index (Phi) is 3.32. The van der Waals surface area contributed by atoms with Crippen molar-refractivity contribution >= 4 is 5.90 Å². The van der Waals surface area contributed by atoms with Crippen molar-refractivity contribution in [3.05, 3.63) is 0 Å². The summed E-state index contributed by atoms with van der Waals surface area (Å²) in [4.78, 5) is 0. The summed E-state index contributed by atoms with van der Waals surface area (Å²) in [5.74, 6) is 0.155. The standard InChI is InChI=1S/C4H9NO2/c1-6-3-4(5)7-2/h5H,3H2,1-2H3. The molecule has 42 valence electrons. The Morgan fingerprint density at radius 2 is 2.14 bits per heavy atom. The van der Waals surface area contributed by atoms with Crippen LogP contribution in [0.15, 0.2) is 0 Å². The van der Waals surface area contributed by atoms with E-state index < -0.39 is 0 Å². The van der Waals surface area contributed by atoms with Crippen LogP contribution in [0.2, 0.25) is 0 Å². The van der Waals surface area contributed by atoms with Crippen LogP contribution in [0.5, 0.6) is 0 Å². The number of methoxy groups -OCH3 is 2. The highest BCUT2D eigenvalue weighted by atomic mass is 16.5. The van der Waals surface area contributed by atoms with Crippen molar-refractivity contribution in [2.45, 2.75) is 0 Å². The molecule has 0 aliphatic rings. The highest BCUT2D eigenvalue weighted by Crippen LogP contribution is 1.72. The SMILES string of the molecule is COCC(=N)OC. The number of ether oxygens (including phenoxy) is 2. The molecular formula is C4H9NO2. The van der Waals surface area contributed by atoms with E-state index in [0.29, 0.717) is 0 Å². The second kappa shape index (κ2) is 3.61. The van der Waals surface area contributed by atoms with Gasteiger partial charge in [0.2, 0.25) is 5.90 Å². The molecule has 7 heavy (non-hydrogen) atoms. The van der Waals surface area contributed by atoms with Crippen molar-refractivity contribution in [1.82, 2.24) is 0 Å². The van der Waals surface area contributed by atoms with Gasteiger partial charge in [0.05, 0.1) is 7.11 Å². The number of rotatable bonds is 2. The van der Waals surface area contributed by atoms with Gasteiger partial charge in [-0.15, -0.1) is 0 Å². The first-order chi connectivity index (χ1) is 3.31. The van der Waals surface area contributed by atoms with Gasteiger partial charge in [-0.3, -0.25) is 5.41 Å². The molecule has 0 bridgehead atoms. The Balaban J connectivity index is 3.00. The number of hydrogen-bond donors (Lipinski definition) is 1. The predicted octanol–water partition coefficient (Wildman–Crippen LogP) is 0.256. The van der Waals surface area contributed by atoms with E-state index in [1.54, 1.807) is 0 Å². The van der Waals surface area contributed by atoms with Gasteiger partial charge in [-0.05, 0) is 0 Å². The molecule has 0 atom stereocenters. The van der Waals surface area contributed by atoms with E-state index in [-0.39, 0.29) is 12.5 Å². The molecule has 0 aliphatic carbocycles. The van der Waals surface area contributed by atoms with Gasteiger partial charge in [-0.1, -0.05) is 0 Å². The molecule has 0 saturated heterocycles. The van der Waals surface area contributed by atoms with Crippen molar-refractivity contribution in [2.75, 3.05) is 20.8 Å². The molecule has 0 aromatic heterocycles. The molecule has 0 aromatic rings. The summed E-state index contributed by atoms with van der Waals surface area (Å²) in [5.41, 5.74) is 0. The molecule has 0 aromatic carbocycles. The molecule has 0 radical (unpaired) electrons. The average Bonchev–Trinajstić information content (AvgIpc) is 1.68. The first kappa shape index (κ1) is 6.43. The molecule has 0 heterocycles. The van der Waals surface area contributed by atoms with Crippen LogP contribution in [0.3, 0.4) is 0 Å². The van der Waals surface area contributed by atoms with E-state index in [4.69, 9.17) is 5.41 Å². The Morgan fingerprint density at radius 1 is 1.57 bits per heavy atom. The molecule has 0 saturated carbocycles. The lowest BCUT2D eigenvalue weighted by Crippen LogP contribution is -2.06. The van der Waals surface area contributed by atoms with Gasteiger partial charge in [0.15, 0.2) is 0 Å². The van der Waals surface area contributed by atoms with Gasteiger partial charge < -0.3 is 9.47 Å². The summed E-state index contributed by atoms with van der Waals surface area (Å²) in [6.07, 6.45) is 0. The molecule has 0 rings (SSSR count). The van der Waals surface area contributed by atoms with Gasteiger partial charge in [0.1, 0.15) is 6.61 Å². The smallest absolute Gasteiger partial charge is 0.206 e. The normalized spacial score (nSPS) is 8.29. The van der Waals surface area contributed by atoms with Crippen LogP contribution < -0.4 is 0 Å². The lowest BCUT2D eigenvalue weighted by molar-refractivity contribution is 0.217. The Labute approximate surface area is 42.7 Å². The molecule has 3 heteroatoms. The summed E-state index contributed by atoms with van der Waals surface area (Å²) >= 11 is 0. The number of nitrogens with one attached hydrogen (secondary N) is 1. The highest BCUT2D eigenvalue weighted by Gasteiger charge is 1.87. The first-order valence-corrected chi connectivity index (χ1v) is 1.91. The minimum atomic E-state index is 0.155. The average molecular weight is 103 g/mol. The maximum atomic E-state index is 6.79. The van der Waals surface area contributed by atoms with Crippen molar-refractivity contribution in [1.29, 1.82) is 5.41 Å². The van der Waals surface area contributed by atoms with Crippen molar-refractivity contribution in [3.8, 4) is 0 Å². The topological polar surface area (TPSA) is 42.3 Å². The van der Waals surface area contributed by atoms with Crippen LogP contribution in [-0.2, 0) is 9.47 Å². The molecule has 0 fully saturated rings. The summed E-state index contributed by atoms with van der Waals surface area (Å²) in [7, 11) is 2.97. The second-order valence-corrected chi connectivity index (χ2v) is 1.06. The van der Waals surface area contributed by atoms with E-state index in [2.05, 4.69) is 9.47 Å². The fraction of sp³-hybridized carbons (Fsp3) is 0.750. The molecule has 3 nitrogen and oxygen atoms in total. The zero-order chi connectivity index (χ0) is 5.70. The Bertz CT molecular complexity index is 62.7. The van der Waals surface area contributed by atoms with Crippen molar-refractivity contribution < 1.29 is 9.47 Å². The summed E-state index contributed by atoms with van der Waals surface area (Å²) < 4.78 is 8.99. The van der Waals surface area contributed by atoms with Gasteiger partial charge in [-0.2, -0.15) is 0 Å². The molecule has 0 amide bonds. The molecule has 1 N–H and O–H groups in total. The van der Waals surface area contributed by atoms with Crippen LogP contribution >= 0.6 is 0 Å². The Morgan fingerprint density at radius 3 is 2.29 bits per heavy atom. The van der Waals surface area contributed by atoms with Crippen molar-refractivity contribution in [2.24, 2.45) is 0 Å². The van der Waals surface area contributed by atoms with Crippen LogP contribution in [0, 0.1) is 5.41 Å². The van der Waals surface area contributed by atoms with E-state index in [1.807, 2.05) is 0 Å². The van der Waals surface area contributed by atoms with E-state index in [0.717, 1.165) is 0 Å². The third-order valence-corrected chi connectivity index (χ3v) is 0.522. The van der Waals surface area contributed by atoms with Gasteiger partial charge >= 0.3 is 0 Å². The third-order valence-electron chi connectivity index (χ3n) is 0.522. The van der Waals surface area contributed by atoms with Crippen LogP contribution in [0.4, 0.5) is 0 Å². The summed E-state index contributed by atoms with van der Waals surface area (Å²) in [5, 5.41) is 6.79. The van der Waals surface area contributed by atoms with E-state index in [9.17, 15) is 0 Å². The quantitative estimate of drug-likeness (QED) is 0.402. The minimum absolute atomic E-state index is 0.155. The Hall–Kier alpha value is -0.570. The highest BCUT2D eigenvalue weighted by molar-refractivity contribution is 5.73. The minimum Gasteiger partial charge on any atom is -0.483 e. The number of hydrogen-bond acceptors (Lipinski definition) is 3. The first-order valence-electron chi connectivity index (χ1n) is 1.91. The lowest BCUT2D eigenvalue weighted by Gasteiger charge is -1.96. The third kappa shape index (κ3) is 3.26. The summed E-state index contributed by atoms with van der Waals surface area (Å²) in [6.45, 7) is 0.260. The zero-order valence-electron chi connectivity index (χ0n) is 4.52. The fourth-order valence-corrected chi connectivity index (χ4v) is 0.190. The van der Waals surface area contributed by atoms with Crippen LogP contribution in [0.1, 0.15) is 0 Å². The second-order valence-electron chi connectivity index (χ2n) is 1.06. The van der Waals surface area contributed by atoms with Gasteiger partial charge in [-0.25, -0.2) is 0 Å². The maximum absolute atomic E-state index is 6.79. The van der Waals surface area contributed by atoms with E-state index >= 15 is 0 Å². The van der Waals surface area contributed by atoms with Crippen molar-refractivity contribution in [3.63, 3.8) is 0 Å². The fourth-order valence-electron chi connectivity index (χ4n) is 0.190. The maximum Gasteiger partial charge on any atom is 0.206 e. The van der Waals surface area contributed by atoms with Crippen LogP contribution in [0.25, 0.3) is 0 Å². The lowest BCUT2D eigenvalue weighted by atomic mass is 10.7. The summed E-state index contributed by atoms with van der Waals surface area (Å²) in [6, 6.07) is 0. The van der Waals surface area contributed by atoms with E-state index in [1.165, 1.54) is 14.2 Å². The molecular weight excluding hydrogens is 94.0 g/mol. The molecule has 0 unspecified atom stereocenters.